The Labute approximate surface area is 125 Å². The lowest BCUT2D eigenvalue weighted by molar-refractivity contribution is -0.384. The van der Waals surface area contributed by atoms with E-state index in [4.69, 9.17) is 17.4 Å². The summed E-state index contributed by atoms with van der Waals surface area (Å²) < 4.78 is 0. The van der Waals surface area contributed by atoms with Gasteiger partial charge >= 0.3 is 0 Å². The van der Waals surface area contributed by atoms with Crippen LogP contribution < -0.4 is 16.1 Å². The van der Waals surface area contributed by atoms with Crippen molar-refractivity contribution in [1.82, 2.24) is 5.32 Å². The van der Waals surface area contributed by atoms with Crippen LogP contribution in [0.2, 0.25) is 5.02 Å². The fourth-order valence-electron chi connectivity index (χ4n) is 2.37. The lowest BCUT2D eigenvalue weighted by atomic mass is 10.2. The molecule has 1 saturated heterocycles. The number of hydrogen-bond donors (Lipinski definition) is 2. The first-order chi connectivity index (χ1) is 10.0. The molecular formula is C12H14ClN5O3. The number of hydrazone groups is 1. The van der Waals surface area contributed by atoms with Crippen LogP contribution in [0.15, 0.2) is 23.3 Å². The van der Waals surface area contributed by atoms with Gasteiger partial charge in [-0.2, -0.15) is 5.10 Å². The molecule has 1 aromatic carbocycles. The first kappa shape index (κ1) is 15.0. The zero-order valence-corrected chi connectivity index (χ0v) is 11.8. The van der Waals surface area contributed by atoms with E-state index in [1.165, 1.54) is 12.1 Å². The Balaban J connectivity index is 2.22. The number of carbonyl (C=O) groups is 1. The Morgan fingerprint density at radius 3 is 3.00 bits per heavy atom. The topological polar surface area (TPSA) is 114 Å². The van der Waals surface area contributed by atoms with Crippen molar-refractivity contribution in [3.8, 4) is 0 Å². The van der Waals surface area contributed by atoms with Crippen LogP contribution >= 0.6 is 11.6 Å². The van der Waals surface area contributed by atoms with Crippen molar-refractivity contribution in [2.24, 2.45) is 10.9 Å². The molecule has 0 aromatic heterocycles. The Morgan fingerprint density at radius 2 is 2.38 bits per heavy atom. The second kappa shape index (κ2) is 6.40. The molecule has 0 spiro atoms. The number of nitrogens with one attached hydrogen (secondary N) is 1. The van der Waals surface area contributed by atoms with Gasteiger partial charge in [0.25, 0.3) is 5.69 Å². The SMILES string of the molecule is NN=CNC(=O)[C@@H]1CCCN1c1ccc([N+](=O)[O-])c(Cl)c1. The number of amides is 1. The summed E-state index contributed by atoms with van der Waals surface area (Å²) in [5.41, 5.74) is 0.517. The third-order valence-corrected chi connectivity index (χ3v) is 3.60. The van der Waals surface area contributed by atoms with Gasteiger partial charge in [0.15, 0.2) is 0 Å². The highest BCUT2D eigenvalue weighted by atomic mass is 35.5. The van der Waals surface area contributed by atoms with Crippen molar-refractivity contribution in [3.63, 3.8) is 0 Å². The maximum Gasteiger partial charge on any atom is 0.288 e. The number of benzene rings is 1. The molecule has 21 heavy (non-hydrogen) atoms. The summed E-state index contributed by atoms with van der Waals surface area (Å²) in [6, 6.07) is 4.06. The first-order valence-corrected chi connectivity index (χ1v) is 6.65. The van der Waals surface area contributed by atoms with Gasteiger partial charge in [-0.05, 0) is 25.0 Å². The van der Waals surface area contributed by atoms with Crippen molar-refractivity contribution in [2.45, 2.75) is 18.9 Å². The normalized spacial score (nSPS) is 18.1. The molecule has 0 radical (unpaired) electrons. The zero-order chi connectivity index (χ0) is 15.4. The third kappa shape index (κ3) is 3.22. The van der Waals surface area contributed by atoms with Crippen molar-refractivity contribution in [1.29, 1.82) is 0 Å². The van der Waals surface area contributed by atoms with Gasteiger partial charge in [-0.25, -0.2) is 0 Å². The quantitative estimate of drug-likeness (QED) is 0.285. The van der Waals surface area contributed by atoms with E-state index in [1.807, 2.05) is 4.90 Å². The minimum absolute atomic E-state index is 0.0482. The molecule has 1 aliphatic rings. The Morgan fingerprint density at radius 1 is 1.62 bits per heavy atom. The van der Waals surface area contributed by atoms with Crippen LogP contribution in [0.3, 0.4) is 0 Å². The molecule has 2 rings (SSSR count). The molecule has 1 amide bonds. The molecule has 1 aliphatic heterocycles. The molecule has 3 N–H and O–H groups in total. The van der Waals surface area contributed by atoms with Crippen LogP contribution in [0, 0.1) is 10.1 Å². The third-order valence-electron chi connectivity index (χ3n) is 3.30. The molecule has 1 heterocycles. The smallest absolute Gasteiger partial charge is 0.288 e. The summed E-state index contributed by atoms with van der Waals surface area (Å²) in [6.07, 6.45) is 2.65. The van der Waals surface area contributed by atoms with E-state index in [1.54, 1.807) is 6.07 Å². The number of nitrogens with zero attached hydrogens (tertiary/aromatic N) is 3. The van der Waals surface area contributed by atoms with Gasteiger partial charge in [-0.1, -0.05) is 11.6 Å². The molecular weight excluding hydrogens is 298 g/mol. The lowest BCUT2D eigenvalue weighted by Gasteiger charge is -2.25. The number of rotatable bonds is 4. The Bertz CT molecular complexity index is 592. The van der Waals surface area contributed by atoms with Crippen LogP contribution in [0.1, 0.15) is 12.8 Å². The first-order valence-electron chi connectivity index (χ1n) is 6.27. The summed E-state index contributed by atoms with van der Waals surface area (Å²) in [7, 11) is 0. The van der Waals surface area contributed by atoms with Gasteiger partial charge in [0.2, 0.25) is 5.91 Å². The average molecular weight is 312 g/mol. The van der Waals surface area contributed by atoms with Gasteiger partial charge in [-0.15, -0.1) is 0 Å². The minimum atomic E-state index is -0.544. The summed E-state index contributed by atoms with van der Waals surface area (Å²) in [5.74, 6) is 4.72. The fourth-order valence-corrected chi connectivity index (χ4v) is 2.61. The highest BCUT2D eigenvalue weighted by molar-refractivity contribution is 6.32. The van der Waals surface area contributed by atoms with Crippen molar-refractivity contribution < 1.29 is 9.72 Å². The minimum Gasteiger partial charge on any atom is -0.359 e. The van der Waals surface area contributed by atoms with E-state index in [2.05, 4.69) is 10.4 Å². The highest BCUT2D eigenvalue weighted by Gasteiger charge is 2.31. The number of nitro groups is 1. The molecule has 1 atom stereocenters. The Hall–Kier alpha value is -2.35. The molecule has 1 aromatic rings. The van der Waals surface area contributed by atoms with Crippen LogP contribution in [0.4, 0.5) is 11.4 Å². The van der Waals surface area contributed by atoms with Gasteiger partial charge in [0, 0.05) is 18.3 Å². The zero-order valence-electron chi connectivity index (χ0n) is 11.0. The molecule has 112 valence electrons. The maximum absolute atomic E-state index is 12.0. The number of nitro benzene ring substituents is 1. The van der Waals surface area contributed by atoms with Crippen molar-refractivity contribution in [2.75, 3.05) is 11.4 Å². The van der Waals surface area contributed by atoms with E-state index < -0.39 is 4.92 Å². The summed E-state index contributed by atoms with van der Waals surface area (Å²) >= 11 is 5.91. The molecule has 1 fully saturated rings. The maximum atomic E-state index is 12.0. The molecule has 0 unspecified atom stereocenters. The predicted molar refractivity (Wildman–Crippen MR) is 79.3 cm³/mol. The van der Waals surface area contributed by atoms with Crippen molar-refractivity contribution >= 4 is 35.2 Å². The number of carbonyl (C=O) groups excluding carboxylic acids is 1. The van der Waals surface area contributed by atoms with Crippen molar-refractivity contribution in [3.05, 3.63) is 33.3 Å². The largest absolute Gasteiger partial charge is 0.359 e. The second-order valence-electron chi connectivity index (χ2n) is 4.53. The number of nitrogens with two attached hydrogens (primary N) is 1. The van der Waals surface area contributed by atoms with E-state index in [0.717, 1.165) is 12.8 Å². The Kier molecular flexibility index (Phi) is 4.59. The second-order valence-corrected chi connectivity index (χ2v) is 4.94. The summed E-state index contributed by atoms with van der Waals surface area (Å²) in [6.45, 7) is 0.673. The summed E-state index contributed by atoms with van der Waals surface area (Å²) in [5, 5.41) is 16.5. The summed E-state index contributed by atoms with van der Waals surface area (Å²) in [4.78, 5) is 24.1. The molecule has 9 heteroatoms. The van der Waals surface area contributed by atoms with Gasteiger partial charge in [0.1, 0.15) is 17.4 Å². The van der Waals surface area contributed by atoms with E-state index in [9.17, 15) is 14.9 Å². The number of hydrogen-bond acceptors (Lipinski definition) is 6. The average Bonchev–Trinajstić information content (AvgIpc) is 2.93. The number of anilines is 1. The van der Waals surface area contributed by atoms with Crippen LogP contribution in [0.5, 0.6) is 0 Å². The van der Waals surface area contributed by atoms with Gasteiger partial charge in [0.05, 0.1) is 4.92 Å². The lowest BCUT2D eigenvalue weighted by Crippen LogP contribution is -2.43. The van der Waals surface area contributed by atoms with Crippen LogP contribution in [0.25, 0.3) is 0 Å². The standard InChI is InChI=1S/C12H14ClN5O3/c13-9-6-8(3-4-10(9)18(20)21)17-5-1-2-11(17)12(19)15-7-16-14/h3-4,6-7,11H,1-2,5,14H2,(H,15,16,19)/t11-/m0/s1. The molecule has 0 bridgehead atoms. The number of halogens is 1. The van der Waals surface area contributed by atoms with E-state index in [-0.39, 0.29) is 22.7 Å². The molecule has 0 aliphatic carbocycles. The monoisotopic (exact) mass is 311 g/mol. The van der Waals surface area contributed by atoms with Crippen LogP contribution in [-0.4, -0.2) is 29.8 Å². The van der Waals surface area contributed by atoms with E-state index >= 15 is 0 Å². The molecule has 8 nitrogen and oxygen atoms in total. The fraction of sp³-hybridized carbons (Fsp3) is 0.333. The van der Waals surface area contributed by atoms with E-state index in [0.29, 0.717) is 18.7 Å². The van der Waals surface area contributed by atoms with Gasteiger partial charge < -0.3 is 16.1 Å². The van der Waals surface area contributed by atoms with Crippen LogP contribution in [-0.2, 0) is 4.79 Å². The highest BCUT2D eigenvalue weighted by Crippen LogP contribution is 2.32. The molecule has 0 saturated carbocycles. The predicted octanol–water partition coefficient (Wildman–Crippen LogP) is 1.24. The van der Waals surface area contributed by atoms with Gasteiger partial charge in [-0.3, -0.25) is 14.9 Å².